The molecular formula is C30H31N9O3. The van der Waals surface area contributed by atoms with E-state index >= 15 is 0 Å². The van der Waals surface area contributed by atoms with Crippen LogP contribution in [0.25, 0.3) is 16.6 Å². The van der Waals surface area contributed by atoms with Crippen LogP contribution >= 0.6 is 0 Å². The highest BCUT2D eigenvalue weighted by Crippen LogP contribution is 2.22. The van der Waals surface area contributed by atoms with E-state index in [0.29, 0.717) is 24.6 Å². The van der Waals surface area contributed by atoms with E-state index < -0.39 is 5.91 Å². The van der Waals surface area contributed by atoms with Crippen molar-refractivity contribution < 1.29 is 14.2 Å². The number of hydrogen-bond acceptors (Lipinski definition) is 10. The Morgan fingerprint density at radius 3 is 2.60 bits per heavy atom. The summed E-state index contributed by atoms with van der Waals surface area (Å²) in [6.45, 7) is 4.60. The molecule has 5 aromatic rings. The van der Waals surface area contributed by atoms with Crippen LogP contribution in [-0.2, 0) is 13.2 Å². The van der Waals surface area contributed by atoms with E-state index in [1.807, 2.05) is 49.4 Å². The summed E-state index contributed by atoms with van der Waals surface area (Å²) in [6.07, 6.45) is 3.40. The van der Waals surface area contributed by atoms with Gasteiger partial charge < -0.3 is 10.5 Å². The van der Waals surface area contributed by atoms with Crippen LogP contribution in [-0.4, -0.2) is 54.9 Å². The molecule has 42 heavy (non-hydrogen) atoms. The Morgan fingerprint density at radius 2 is 1.81 bits per heavy atom. The van der Waals surface area contributed by atoms with Crippen molar-refractivity contribution in [3.05, 3.63) is 89.2 Å². The van der Waals surface area contributed by atoms with Crippen LogP contribution in [0.5, 0.6) is 5.75 Å². The van der Waals surface area contributed by atoms with Gasteiger partial charge in [0, 0.05) is 6.54 Å². The van der Waals surface area contributed by atoms with Crippen molar-refractivity contribution in [1.29, 1.82) is 0 Å². The topological polar surface area (TPSA) is 150 Å². The number of carbonyl (C=O) groups is 1. The number of anilines is 1. The normalized spacial score (nSPS) is 14.3. The SMILES string of the molecule is C/C(=N\NC(=O)c1c(CN2CCCCC2)nnn1-c1nonc1N)c1ccc(OCc2cccc3ccccc23)cc1. The minimum atomic E-state index is -0.496. The number of amides is 1. The van der Waals surface area contributed by atoms with Crippen LogP contribution in [0.15, 0.2) is 76.5 Å². The van der Waals surface area contributed by atoms with Crippen LogP contribution in [0.1, 0.15) is 53.5 Å². The summed E-state index contributed by atoms with van der Waals surface area (Å²) in [5.41, 5.74) is 11.8. The molecule has 3 heterocycles. The predicted molar refractivity (Wildman–Crippen MR) is 157 cm³/mol. The molecule has 1 fully saturated rings. The lowest BCUT2D eigenvalue weighted by molar-refractivity contribution is 0.0944. The molecule has 6 rings (SSSR count). The summed E-state index contributed by atoms with van der Waals surface area (Å²) in [4.78, 5) is 15.7. The van der Waals surface area contributed by atoms with Crippen molar-refractivity contribution in [2.75, 3.05) is 18.8 Å². The molecule has 3 N–H and O–H groups in total. The third kappa shape index (κ3) is 5.84. The number of carbonyl (C=O) groups excluding carboxylic acids is 1. The number of piperidine rings is 1. The molecule has 3 aromatic carbocycles. The molecule has 2 aromatic heterocycles. The molecule has 0 saturated carbocycles. The third-order valence-corrected chi connectivity index (χ3v) is 7.34. The van der Waals surface area contributed by atoms with Crippen molar-refractivity contribution in [2.45, 2.75) is 39.3 Å². The van der Waals surface area contributed by atoms with Crippen LogP contribution in [0.4, 0.5) is 5.82 Å². The van der Waals surface area contributed by atoms with Crippen LogP contribution < -0.4 is 15.9 Å². The molecule has 214 valence electrons. The molecule has 0 aliphatic carbocycles. The van der Waals surface area contributed by atoms with Gasteiger partial charge in [0.25, 0.3) is 5.91 Å². The van der Waals surface area contributed by atoms with Gasteiger partial charge in [0.2, 0.25) is 11.6 Å². The fraction of sp³-hybridized carbons (Fsp3) is 0.267. The number of rotatable bonds is 9. The lowest BCUT2D eigenvalue weighted by Crippen LogP contribution is -2.31. The molecule has 12 nitrogen and oxygen atoms in total. The van der Waals surface area contributed by atoms with E-state index in [2.05, 4.69) is 60.3 Å². The maximum absolute atomic E-state index is 13.4. The summed E-state index contributed by atoms with van der Waals surface area (Å²) in [7, 11) is 0. The molecular weight excluding hydrogens is 534 g/mol. The summed E-state index contributed by atoms with van der Waals surface area (Å²) < 4.78 is 12.0. The standard InChI is InChI=1S/C30H31N9O3/c1-20(21-12-14-24(15-13-21)41-19-23-10-7-9-22-8-3-4-11-25(22)23)32-34-30(40)27-26(18-38-16-5-2-6-17-38)33-37-39(27)29-28(31)35-42-36-29/h3-4,7-15H,2,5-6,16-19H2,1H3,(H2,31,35)(H,34,40)/b32-20+. The fourth-order valence-corrected chi connectivity index (χ4v) is 5.09. The van der Waals surface area contributed by atoms with Crippen molar-refractivity contribution in [2.24, 2.45) is 5.10 Å². The van der Waals surface area contributed by atoms with E-state index in [9.17, 15) is 4.79 Å². The van der Waals surface area contributed by atoms with Gasteiger partial charge in [0.15, 0.2) is 5.69 Å². The molecule has 1 saturated heterocycles. The first-order valence-corrected chi connectivity index (χ1v) is 13.9. The molecule has 1 amide bonds. The first-order chi connectivity index (χ1) is 20.6. The number of aromatic nitrogens is 5. The highest BCUT2D eigenvalue weighted by atomic mass is 16.6. The zero-order valence-corrected chi connectivity index (χ0v) is 23.2. The number of nitrogens with one attached hydrogen (secondary N) is 1. The second-order valence-corrected chi connectivity index (χ2v) is 10.2. The summed E-state index contributed by atoms with van der Waals surface area (Å²) >= 11 is 0. The average Bonchev–Trinajstić information content (AvgIpc) is 3.64. The van der Waals surface area contributed by atoms with Gasteiger partial charge in [0.1, 0.15) is 18.1 Å². The number of nitrogens with two attached hydrogens (primary N) is 1. The zero-order chi connectivity index (χ0) is 28.9. The highest BCUT2D eigenvalue weighted by molar-refractivity contribution is 6.01. The van der Waals surface area contributed by atoms with E-state index in [-0.39, 0.29) is 17.3 Å². The highest BCUT2D eigenvalue weighted by Gasteiger charge is 2.26. The van der Waals surface area contributed by atoms with Gasteiger partial charge in [-0.15, -0.1) is 5.10 Å². The molecule has 0 unspecified atom stereocenters. The number of hydrogen-bond donors (Lipinski definition) is 2. The predicted octanol–water partition coefficient (Wildman–Crippen LogP) is 4.10. The minimum absolute atomic E-state index is 0.000846. The number of ether oxygens (including phenoxy) is 1. The Hall–Kier alpha value is -5.10. The van der Waals surface area contributed by atoms with Gasteiger partial charge in [-0.05, 0) is 89.3 Å². The number of hydrazone groups is 1. The zero-order valence-electron chi connectivity index (χ0n) is 23.2. The third-order valence-electron chi connectivity index (χ3n) is 7.34. The average molecular weight is 566 g/mol. The Kier molecular flexibility index (Phi) is 7.86. The Balaban J connectivity index is 1.15. The second kappa shape index (κ2) is 12.2. The van der Waals surface area contributed by atoms with Crippen LogP contribution in [0.3, 0.4) is 0 Å². The van der Waals surface area contributed by atoms with Gasteiger partial charge in [0.05, 0.1) is 5.71 Å². The molecule has 1 aliphatic heterocycles. The van der Waals surface area contributed by atoms with E-state index in [1.165, 1.54) is 21.9 Å². The molecule has 0 spiro atoms. The Labute approximate surface area is 242 Å². The van der Waals surface area contributed by atoms with E-state index in [0.717, 1.165) is 42.8 Å². The Morgan fingerprint density at radius 1 is 1.02 bits per heavy atom. The minimum Gasteiger partial charge on any atom is -0.489 e. The monoisotopic (exact) mass is 565 g/mol. The van der Waals surface area contributed by atoms with Gasteiger partial charge in [-0.1, -0.05) is 54.1 Å². The van der Waals surface area contributed by atoms with Crippen LogP contribution in [0, 0.1) is 0 Å². The van der Waals surface area contributed by atoms with Gasteiger partial charge in [-0.3, -0.25) is 9.69 Å². The maximum atomic E-state index is 13.4. The number of nitrogen functional groups attached to an aromatic ring is 1. The van der Waals surface area contributed by atoms with E-state index in [4.69, 9.17) is 15.1 Å². The Bertz CT molecular complexity index is 1710. The van der Waals surface area contributed by atoms with Crippen molar-refractivity contribution >= 4 is 28.2 Å². The number of nitrogens with zero attached hydrogens (tertiary/aromatic N) is 7. The van der Waals surface area contributed by atoms with Gasteiger partial charge >= 0.3 is 0 Å². The lowest BCUT2D eigenvalue weighted by Gasteiger charge is -2.25. The number of fused-ring (bicyclic) bond motifs is 1. The quantitative estimate of drug-likeness (QED) is 0.199. The maximum Gasteiger partial charge on any atom is 0.292 e. The van der Waals surface area contributed by atoms with Crippen LogP contribution in [0.2, 0.25) is 0 Å². The van der Waals surface area contributed by atoms with Crippen molar-refractivity contribution in [3.63, 3.8) is 0 Å². The summed E-state index contributed by atoms with van der Waals surface area (Å²) in [5.74, 6) is 0.335. The molecule has 0 atom stereocenters. The van der Waals surface area contributed by atoms with Gasteiger partial charge in [-0.25, -0.2) is 10.1 Å². The molecule has 0 radical (unpaired) electrons. The summed E-state index contributed by atoms with van der Waals surface area (Å²) in [6, 6.07) is 22.0. The van der Waals surface area contributed by atoms with Crippen molar-refractivity contribution in [1.82, 2.24) is 35.6 Å². The first kappa shape index (κ1) is 27.1. The van der Waals surface area contributed by atoms with Gasteiger partial charge in [-0.2, -0.15) is 9.78 Å². The molecule has 0 bridgehead atoms. The fourth-order valence-electron chi connectivity index (χ4n) is 5.09. The number of benzene rings is 3. The second-order valence-electron chi connectivity index (χ2n) is 10.2. The smallest absolute Gasteiger partial charge is 0.292 e. The molecule has 1 aliphatic rings. The van der Waals surface area contributed by atoms with Crippen molar-refractivity contribution in [3.8, 4) is 11.6 Å². The summed E-state index contributed by atoms with van der Waals surface area (Å²) in [5, 5.41) is 22.5. The first-order valence-electron chi connectivity index (χ1n) is 13.9. The number of likely N-dealkylation sites (tertiary alicyclic amines) is 1. The largest absolute Gasteiger partial charge is 0.489 e. The van der Waals surface area contributed by atoms with E-state index in [1.54, 1.807) is 0 Å². The molecule has 12 heteroatoms. The lowest BCUT2D eigenvalue weighted by atomic mass is 10.1.